The number of piperidine rings is 1. The number of anilines is 1. The zero-order chi connectivity index (χ0) is 15.6. The highest BCUT2D eigenvalue weighted by atomic mass is 32.2. The molecule has 5 nitrogen and oxygen atoms in total. The van der Waals surface area contributed by atoms with Crippen LogP contribution in [0.25, 0.3) is 0 Å². The number of rotatable bonds is 2. The molecule has 0 aromatic heterocycles. The van der Waals surface area contributed by atoms with Crippen molar-refractivity contribution in [2.75, 3.05) is 50.5 Å². The molecule has 2 aliphatic heterocycles. The maximum absolute atomic E-state index is 11.9. The van der Waals surface area contributed by atoms with E-state index in [1.54, 1.807) is 4.31 Å². The lowest BCUT2D eigenvalue weighted by atomic mass is 9.81. The maximum atomic E-state index is 11.9. The molecule has 2 heterocycles. The van der Waals surface area contributed by atoms with Crippen LogP contribution in [-0.2, 0) is 14.8 Å². The number of ether oxygens (including phenoxy) is 1. The van der Waals surface area contributed by atoms with E-state index in [0.717, 1.165) is 25.9 Å². The fourth-order valence-corrected chi connectivity index (χ4v) is 4.51. The van der Waals surface area contributed by atoms with E-state index < -0.39 is 10.0 Å². The summed E-state index contributed by atoms with van der Waals surface area (Å²) in [5.74, 6) is 0. The Labute approximate surface area is 132 Å². The molecule has 1 aromatic rings. The minimum Gasteiger partial charge on any atom is -0.379 e. The van der Waals surface area contributed by atoms with Crippen molar-refractivity contribution >= 4 is 15.7 Å². The quantitative estimate of drug-likeness (QED) is 0.828. The molecule has 0 N–H and O–H groups in total. The predicted octanol–water partition coefficient (Wildman–Crippen LogP) is 1.56. The largest absolute Gasteiger partial charge is 0.379 e. The molecule has 2 fully saturated rings. The normalized spacial score (nSPS) is 27.8. The molecule has 1 spiro atoms. The molecular formula is C16H24N2O3S. The van der Waals surface area contributed by atoms with Gasteiger partial charge in [0.05, 0.1) is 19.5 Å². The Hall–Kier alpha value is -1.11. The highest BCUT2D eigenvalue weighted by Gasteiger charge is 2.41. The molecule has 0 amide bonds. The fraction of sp³-hybridized carbons (Fsp3) is 0.625. The van der Waals surface area contributed by atoms with Gasteiger partial charge in [0.2, 0.25) is 10.0 Å². The number of hydrogen-bond acceptors (Lipinski definition) is 4. The Morgan fingerprint density at radius 1 is 1.14 bits per heavy atom. The van der Waals surface area contributed by atoms with Crippen LogP contribution in [-0.4, -0.2) is 58.4 Å². The molecule has 0 unspecified atom stereocenters. The van der Waals surface area contributed by atoms with Gasteiger partial charge in [-0.15, -0.1) is 0 Å². The lowest BCUT2D eigenvalue weighted by Gasteiger charge is -2.43. The van der Waals surface area contributed by atoms with Crippen molar-refractivity contribution in [3.05, 3.63) is 30.3 Å². The van der Waals surface area contributed by atoms with Crippen molar-refractivity contribution in [2.24, 2.45) is 5.41 Å². The molecule has 0 bridgehead atoms. The van der Waals surface area contributed by atoms with Crippen molar-refractivity contribution in [3.63, 3.8) is 0 Å². The summed E-state index contributed by atoms with van der Waals surface area (Å²) in [6, 6.07) is 10.3. The number of benzene rings is 1. The van der Waals surface area contributed by atoms with E-state index >= 15 is 0 Å². The van der Waals surface area contributed by atoms with Crippen molar-refractivity contribution < 1.29 is 13.2 Å². The Bertz CT molecular complexity index is 605. The molecule has 122 valence electrons. The summed E-state index contributed by atoms with van der Waals surface area (Å²) in [5.41, 5.74) is 1.08. The smallest absolute Gasteiger partial charge is 0.211 e. The molecule has 2 aliphatic rings. The van der Waals surface area contributed by atoms with Gasteiger partial charge in [-0.2, -0.15) is 0 Å². The van der Waals surface area contributed by atoms with Crippen LogP contribution in [0.2, 0.25) is 0 Å². The van der Waals surface area contributed by atoms with Crippen LogP contribution in [0.4, 0.5) is 5.69 Å². The first-order chi connectivity index (χ1) is 10.5. The van der Waals surface area contributed by atoms with Gasteiger partial charge in [-0.3, -0.25) is 0 Å². The average molecular weight is 324 g/mol. The monoisotopic (exact) mass is 324 g/mol. The lowest BCUT2D eigenvalue weighted by molar-refractivity contribution is 0.0352. The first-order valence-corrected chi connectivity index (χ1v) is 9.66. The van der Waals surface area contributed by atoms with Gasteiger partial charge in [-0.25, -0.2) is 12.7 Å². The van der Waals surface area contributed by atoms with Crippen LogP contribution in [0, 0.1) is 5.41 Å². The zero-order valence-electron chi connectivity index (χ0n) is 13.1. The second-order valence-corrected chi connectivity index (χ2v) is 8.49. The summed E-state index contributed by atoms with van der Waals surface area (Å²) >= 11 is 0. The van der Waals surface area contributed by atoms with Crippen molar-refractivity contribution in [3.8, 4) is 0 Å². The van der Waals surface area contributed by atoms with E-state index in [2.05, 4.69) is 17.0 Å². The van der Waals surface area contributed by atoms with Crippen LogP contribution >= 0.6 is 0 Å². The van der Waals surface area contributed by atoms with E-state index in [1.165, 1.54) is 11.9 Å². The van der Waals surface area contributed by atoms with Gasteiger partial charge >= 0.3 is 0 Å². The van der Waals surface area contributed by atoms with Gasteiger partial charge in [0.25, 0.3) is 0 Å². The fourth-order valence-electron chi connectivity index (χ4n) is 3.54. The second-order valence-electron chi connectivity index (χ2n) is 6.51. The first-order valence-electron chi connectivity index (χ1n) is 7.81. The van der Waals surface area contributed by atoms with Crippen molar-refractivity contribution in [1.29, 1.82) is 0 Å². The van der Waals surface area contributed by atoms with Crippen molar-refractivity contribution in [1.82, 2.24) is 4.31 Å². The van der Waals surface area contributed by atoms with Crippen LogP contribution in [0.1, 0.15) is 12.8 Å². The summed E-state index contributed by atoms with van der Waals surface area (Å²) < 4.78 is 31.3. The standard InChI is InChI=1S/C16H24N2O3S/c1-22(19,20)18-9-5-8-16(13-18)12-17(10-11-21-14-16)15-6-3-2-4-7-15/h2-4,6-7H,5,8-14H2,1H3/t16-/m1/s1. The van der Waals surface area contributed by atoms with E-state index in [4.69, 9.17) is 4.74 Å². The van der Waals surface area contributed by atoms with Crippen LogP contribution in [0.5, 0.6) is 0 Å². The third kappa shape index (κ3) is 3.45. The molecular weight excluding hydrogens is 300 g/mol. The second kappa shape index (κ2) is 6.18. The molecule has 0 saturated carbocycles. The van der Waals surface area contributed by atoms with Crippen LogP contribution < -0.4 is 4.90 Å². The number of sulfonamides is 1. The highest BCUT2D eigenvalue weighted by Crippen LogP contribution is 2.35. The first kappa shape index (κ1) is 15.8. The van der Waals surface area contributed by atoms with Gasteiger partial charge < -0.3 is 9.64 Å². The SMILES string of the molecule is CS(=O)(=O)N1CCC[C@]2(COCCN(c3ccccc3)C2)C1. The van der Waals surface area contributed by atoms with E-state index in [0.29, 0.717) is 26.3 Å². The number of para-hydroxylation sites is 1. The summed E-state index contributed by atoms with van der Waals surface area (Å²) in [6.07, 6.45) is 3.22. The van der Waals surface area contributed by atoms with Gasteiger partial charge in [-0.1, -0.05) is 18.2 Å². The molecule has 22 heavy (non-hydrogen) atoms. The van der Waals surface area contributed by atoms with E-state index in [9.17, 15) is 8.42 Å². The van der Waals surface area contributed by atoms with Gasteiger partial charge in [-0.05, 0) is 25.0 Å². The number of nitrogens with zero attached hydrogens (tertiary/aromatic N) is 2. The highest BCUT2D eigenvalue weighted by molar-refractivity contribution is 7.88. The van der Waals surface area contributed by atoms with Gasteiger partial charge in [0, 0.05) is 37.3 Å². The molecule has 0 aliphatic carbocycles. The summed E-state index contributed by atoms with van der Waals surface area (Å²) in [5, 5.41) is 0. The molecule has 6 heteroatoms. The van der Waals surface area contributed by atoms with Crippen LogP contribution in [0.3, 0.4) is 0 Å². The van der Waals surface area contributed by atoms with E-state index in [-0.39, 0.29) is 5.41 Å². The summed E-state index contributed by atoms with van der Waals surface area (Å²) in [7, 11) is -3.14. The van der Waals surface area contributed by atoms with Gasteiger partial charge in [0.1, 0.15) is 0 Å². The number of hydrogen-bond donors (Lipinski definition) is 0. The summed E-state index contributed by atoms with van der Waals surface area (Å²) in [4.78, 5) is 2.33. The average Bonchev–Trinajstić information content (AvgIpc) is 2.70. The Balaban J connectivity index is 1.82. The minimum atomic E-state index is -3.14. The van der Waals surface area contributed by atoms with Crippen LogP contribution in [0.15, 0.2) is 30.3 Å². The molecule has 0 radical (unpaired) electrons. The van der Waals surface area contributed by atoms with Gasteiger partial charge in [0.15, 0.2) is 0 Å². The molecule has 3 rings (SSSR count). The molecule has 1 atom stereocenters. The zero-order valence-corrected chi connectivity index (χ0v) is 13.9. The topological polar surface area (TPSA) is 49.9 Å². The summed E-state index contributed by atoms with van der Waals surface area (Å²) in [6.45, 7) is 4.23. The minimum absolute atomic E-state index is 0.104. The van der Waals surface area contributed by atoms with E-state index in [1.807, 2.05) is 18.2 Å². The molecule has 1 aromatic carbocycles. The predicted molar refractivity (Wildman–Crippen MR) is 87.6 cm³/mol. The third-order valence-electron chi connectivity index (χ3n) is 4.66. The lowest BCUT2D eigenvalue weighted by Crippen LogP contribution is -2.52. The van der Waals surface area contributed by atoms with Crippen molar-refractivity contribution in [2.45, 2.75) is 12.8 Å². The Morgan fingerprint density at radius 3 is 2.64 bits per heavy atom. The maximum Gasteiger partial charge on any atom is 0.211 e. The molecule has 2 saturated heterocycles. The third-order valence-corrected chi connectivity index (χ3v) is 5.91. The Kier molecular flexibility index (Phi) is 4.43. The Morgan fingerprint density at radius 2 is 1.91 bits per heavy atom.